The maximum atomic E-state index is 12.2. The lowest BCUT2D eigenvalue weighted by Crippen LogP contribution is -2.19. The smallest absolute Gasteiger partial charge is 0.231 e. The highest BCUT2D eigenvalue weighted by atomic mass is 32.3. The van der Waals surface area contributed by atoms with E-state index in [4.69, 9.17) is 15.2 Å². The van der Waals surface area contributed by atoms with Gasteiger partial charge in [-0.1, -0.05) is 6.07 Å². The van der Waals surface area contributed by atoms with E-state index in [1.165, 1.54) is 50.6 Å². The summed E-state index contributed by atoms with van der Waals surface area (Å²) in [5.74, 6) is 2.58. The number of phenols is 1. The lowest BCUT2D eigenvalue weighted by Gasteiger charge is -2.07. The van der Waals surface area contributed by atoms with Gasteiger partial charge in [0.25, 0.3) is 0 Å². The van der Waals surface area contributed by atoms with Crippen LogP contribution in [-0.2, 0) is 26.1 Å². The molecule has 0 spiro atoms. The van der Waals surface area contributed by atoms with Crippen molar-refractivity contribution in [3.63, 3.8) is 0 Å². The van der Waals surface area contributed by atoms with Crippen molar-refractivity contribution in [1.29, 1.82) is 0 Å². The van der Waals surface area contributed by atoms with E-state index in [-0.39, 0.29) is 23.6 Å². The van der Waals surface area contributed by atoms with E-state index in [2.05, 4.69) is 5.92 Å². The van der Waals surface area contributed by atoms with Crippen molar-refractivity contribution in [3.8, 4) is 28.4 Å². The van der Waals surface area contributed by atoms with E-state index in [1.807, 2.05) is 5.25 Å². The van der Waals surface area contributed by atoms with Crippen molar-refractivity contribution in [3.05, 3.63) is 47.5 Å². The standard InChI is InChI=1S/C19H21NO7S2/c1-26-18-6-4-14(11-16(18)20)7-9-28(22,23)13-29(24,25)10-8-15-3-5-17(21)19(12-15)27-2/h3-6,11-12,21H,8,10,13,20H2,1-2H3. The summed E-state index contributed by atoms with van der Waals surface area (Å²) in [6, 6.07) is 8.90. The first kappa shape index (κ1) is 22.4. The van der Waals surface area contributed by atoms with Gasteiger partial charge in [-0.05, 0) is 48.2 Å². The highest BCUT2D eigenvalue weighted by molar-refractivity contribution is 8.10. The number of methoxy groups -OCH3 is 2. The Morgan fingerprint density at radius 1 is 1.00 bits per heavy atom. The number of rotatable bonds is 7. The summed E-state index contributed by atoms with van der Waals surface area (Å²) in [5, 5.41) is 10.5. The second-order valence-electron chi connectivity index (χ2n) is 6.12. The van der Waals surface area contributed by atoms with Crippen molar-refractivity contribution < 1.29 is 31.4 Å². The molecule has 0 aromatic heterocycles. The molecule has 0 atom stereocenters. The molecular weight excluding hydrogens is 418 g/mol. The van der Waals surface area contributed by atoms with Gasteiger partial charge in [0.2, 0.25) is 9.84 Å². The summed E-state index contributed by atoms with van der Waals surface area (Å²) in [6.07, 6.45) is 0.0664. The Morgan fingerprint density at radius 3 is 2.31 bits per heavy atom. The van der Waals surface area contributed by atoms with E-state index < -0.39 is 30.5 Å². The van der Waals surface area contributed by atoms with Crippen LogP contribution >= 0.6 is 0 Å². The third-order valence-electron chi connectivity index (χ3n) is 3.86. The Labute approximate surface area is 170 Å². The lowest BCUT2D eigenvalue weighted by molar-refractivity contribution is 0.373. The Kier molecular flexibility index (Phi) is 7.00. The summed E-state index contributed by atoms with van der Waals surface area (Å²) in [7, 11) is -5.29. The number of aromatic hydroxyl groups is 1. The summed E-state index contributed by atoms with van der Waals surface area (Å²) in [4.78, 5) is 0. The van der Waals surface area contributed by atoms with Gasteiger partial charge >= 0.3 is 0 Å². The van der Waals surface area contributed by atoms with Gasteiger partial charge in [0.1, 0.15) is 5.75 Å². The molecule has 0 saturated carbocycles. The second kappa shape index (κ2) is 9.07. The molecular formula is C19H21NO7S2. The third-order valence-corrected chi connectivity index (χ3v) is 7.78. The van der Waals surface area contributed by atoms with Gasteiger partial charge in [-0.15, -0.1) is 0 Å². The number of sulfone groups is 2. The molecule has 3 N–H and O–H groups in total. The van der Waals surface area contributed by atoms with Gasteiger partial charge in [-0.25, -0.2) is 16.8 Å². The topological polar surface area (TPSA) is 133 Å². The lowest BCUT2D eigenvalue weighted by atomic mass is 10.1. The fourth-order valence-electron chi connectivity index (χ4n) is 2.42. The highest BCUT2D eigenvalue weighted by Gasteiger charge is 2.21. The molecule has 0 aliphatic rings. The van der Waals surface area contributed by atoms with Crippen molar-refractivity contribution >= 4 is 25.4 Å². The van der Waals surface area contributed by atoms with Crippen LogP contribution in [0.3, 0.4) is 0 Å². The van der Waals surface area contributed by atoms with Crippen LogP contribution in [0.4, 0.5) is 5.69 Å². The minimum Gasteiger partial charge on any atom is -0.504 e. The van der Waals surface area contributed by atoms with Crippen molar-refractivity contribution in [1.82, 2.24) is 0 Å². The maximum absolute atomic E-state index is 12.2. The van der Waals surface area contributed by atoms with Gasteiger partial charge in [0, 0.05) is 10.8 Å². The van der Waals surface area contributed by atoms with Gasteiger partial charge < -0.3 is 20.3 Å². The van der Waals surface area contributed by atoms with Gasteiger partial charge in [-0.2, -0.15) is 0 Å². The Balaban J connectivity index is 2.08. The van der Waals surface area contributed by atoms with E-state index in [0.717, 1.165) is 0 Å². The maximum Gasteiger partial charge on any atom is 0.231 e. The number of benzene rings is 2. The van der Waals surface area contributed by atoms with Crippen LogP contribution in [0.5, 0.6) is 17.2 Å². The van der Waals surface area contributed by atoms with Crippen molar-refractivity contribution in [2.24, 2.45) is 0 Å². The summed E-state index contributed by atoms with van der Waals surface area (Å²) < 4.78 is 58.7. The zero-order chi connectivity index (χ0) is 21.7. The predicted molar refractivity (Wildman–Crippen MR) is 110 cm³/mol. The second-order valence-corrected chi connectivity index (χ2v) is 10.4. The number of hydrogen-bond acceptors (Lipinski definition) is 8. The van der Waals surface area contributed by atoms with Crippen LogP contribution in [0.15, 0.2) is 36.4 Å². The number of nitrogen functional groups attached to an aromatic ring is 1. The number of hydrogen-bond donors (Lipinski definition) is 2. The largest absolute Gasteiger partial charge is 0.504 e. The van der Waals surface area contributed by atoms with Crippen molar-refractivity contribution in [2.75, 3.05) is 30.8 Å². The Bertz CT molecular complexity index is 1160. The highest BCUT2D eigenvalue weighted by Crippen LogP contribution is 2.26. The zero-order valence-corrected chi connectivity index (χ0v) is 17.5. The average Bonchev–Trinajstić information content (AvgIpc) is 2.65. The first-order valence-electron chi connectivity index (χ1n) is 8.30. The average molecular weight is 440 g/mol. The summed E-state index contributed by atoms with van der Waals surface area (Å²) in [5.41, 5.74) is 6.92. The molecule has 2 rings (SSSR count). The predicted octanol–water partition coefficient (Wildman–Crippen LogP) is 1.33. The molecule has 29 heavy (non-hydrogen) atoms. The monoisotopic (exact) mass is 439 g/mol. The number of phenolic OH excluding ortho intramolecular Hbond substituents is 1. The fraction of sp³-hybridized carbons (Fsp3) is 0.263. The van der Waals surface area contributed by atoms with Crippen LogP contribution in [0.2, 0.25) is 0 Å². The van der Waals surface area contributed by atoms with Crippen LogP contribution in [0.1, 0.15) is 11.1 Å². The first-order valence-corrected chi connectivity index (χ1v) is 11.8. The van der Waals surface area contributed by atoms with Gasteiger partial charge in [-0.3, -0.25) is 0 Å². The molecule has 0 radical (unpaired) electrons. The van der Waals surface area contributed by atoms with E-state index in [9.17, 15) is 21.9 Å². The molecule has 2 aromatic rings. The SMILES string of the molecule is COc1ccc(C#CS(=O)(=O)CS(=O)(=O)CCc2ccc(O)c(OC)c2)cc1N. The van der Waals surface area contributed by atoms with Crippen LogP contribution < -0.4 is 15.2 Å². The Morgan fingerprint density at radius 2 is 1.69 bits per heavy atom. The van der Waals surface area contributed by atoms with Crippen LogP contribution in [0.25, 0.3) is 0 Å². The summed E-state index contributed by atoms with van der Waals surface area (Å²) in [6.45, 7) is 0. The molecule has 0 aliphatic carbocycles. The molecule has 0 aliphatic heterocycles. The fourth-order valence-corrected chi connectivity index (χ4v) is 5.84. The molecule has 10 heteroatoms. The molecule has 0 unspecified atom stereocenters. The van der Waals surface area contributed by atoms with E-state index in [1.54, 1.807) is 0 Å². The van der Waals surface area contributed by atoms with Crippen LogP contribution in [0, 0.1) is 11.2 Å². The van der Waals surface area contributed by atoms with Crippen LogP contribution in [-0.4, -0.2) is 47.0 Å². The normalized spacial score (nSPS) is 11.4. The molecule has 0 saturated heterocycles. The summed E-state index contributed by atoms with van der Waals surface area (Å²) >= 11 is 0. The zero-order valence-electron chi connectivity index (χ0n) is 15.9. The number of ether oxygens (including phenoxy) is 2. The molecule has 2 aromatic carbocycles. The minimum atomic E-state index is -4.18. The van der Waals surface area contributed by atoms with E-state index in [0.29, 0.717) is 16.9 Å². The minimum absolute atomic E-state index is 0.0664. The third kappa shape index (κ3) is 6.58. The molecule has 0 bridgehead atoms. The molecule has 0 amide bonds. The first-order chi connectivity index (χ1) is 13.5. The number of anilines is 1. The van der Waals surface area contributed by atoms with E-state index >= 15 is 0 Å². The Hall–Kier alpha value is -2.90. The molecule has 0 fully saturated rings. The molecule has 8 nitrogen and oxygen atoms in total. The molecule has 0 heterocycles. The van der Waals surface area contributed by atoms with Gasteiger partial charge in [0.15, 0.2) is 26.4 Å². The molecule has 156 valence electrons. The number of nitrogens with two attached hydrogens (primary N) is 1. The quantitative estimate of drug-likeness (QED) is 0.488. The van der Waals surface area contributed by atoms with Crippen molar-refractivity contribution in [2.45, 2.75) is 6.42 Å². The van der Waals surface area contributed by atoms with Gasteiger partial charge in [0.05, 0.1) is 25.7 Å². The number of aryl methyl sites for hydroxylation is 1.